The van der Waals surface area contributed by atoms with E-state index < -0.39 is 4.92 Å². The summed E-state index contributed by atoms with van der Waals surface area (Å²) >= 11 is 0. The highest BCUT2D eigenvalue weighted by Crippen LogP contribution is 2.29. The summed E-state index contributed by atoms with van der Waals surface area (Å²) in [5.74, 6) is 0.0532. The Hall–Kier alpha value is -2.75. The number of anilines is 1. The number of amides is 1. The molecule has 1 aromatic carbocycles. The third-order valence-corrected chi connectivity index (χ3v) is 4.45. The zero-order valence-electron chi connectivity index (χ0n) is 15.3. The molecule has 1 aliphatic heterocycles. The number of carbonyl (C=O) groups excluding carboxylic acids is 1. The number of hydrogen-bond acceptors (Lipinski definition) is 7. The van der Waals surface area contributed by atoms with Gasteiger partial charge in [0, 0.05) is 38.1 Å². The molecule has 2 heterocycles. The average molecular weight is 408 g/mol. The molecule has 2 aromatic rings. The van der Waals surface area contributed by atoms with Crippen LogP contribution >= 0.6 is 12.4 Å². The molecule has 1 aliphatic rings. The van der Waals surface area contributed by atoms with Gasteiger partial charge in [0.05, 0.1) is 24.6 Å². The molecule has 1 amide bonds. The van der Waals surface area contributed by atoms with Crippen LogP contribution in [0.5, 0.6) is 5.75 Å². The monoisotopic (exact) mass is 407 g/mol. The first-order valence-corrected chi connectivity index (χ1v) is 8.55. The van der Waals surface area contributed by atoms with Gasteiger partial charge in [0.2, 0.25) is 5.91 Å². The molecule has 150 valence electrons. The molecule has 0 spiro atoms. The number of pyridine rings is 1. The van der Waals surface area contributed by atoms with Crippen molar-refractivity contribution in [2.45, 2.75) is 6.04 Å². The van der Waals surface area contributed by atoms with Crippen molar-refractivity contribution in [2.75, 3.05) is 38.6 Å². The molecule has 0 saturated carbocycles. The molecule has 2 N–H and O–H groups in total. The summed E-state index contributed by atoms with van der Waals surface area (Å²) < 4.78 is 5.01. The fraction of sp³-hybridized carbons (Fsp3) is 0.333. The van der Waals surface area contributed by atoms with Crippen molar-refractivity contribution in [3.63, 3.8) is 0 Å². The first-order chi connectivity index (χ1) is 13.1. The molecule has 3 rings (SSSR count). The Morgan fingerprint density at radius 2 is 2.29 bits per heavy atom. The van der Waals surface area contributed by atoms with Crippen LogP contribution in [0.3, 0.4) is 0 Å². The molecule has 1 aromatic heterocycles. The maximum atomic E-state index is 12.5. The quantitative estimate of drug-likeness (QED) is 0.556. The van der Waals surface area contributed by atoms with Crippen molar-refractivity contribution >= 4 is 29.7 Å². The summed E-state index contributed by atoms with van der Waals surface area (Å²) in [6, 6.07) is 8.20. The highest BCUT2D eigenvalue weighted by molar-refractivity contribution is 5.94. The highest BCUT2D eigenvalue weighted by atomic mass is 35.5. The number of ether oxygens (including phenoxy) is 1. The van der Waals surface area contributed by atoms with E-state index in [-0.39, 0.29) is 42.3 Å². The molecule has 1 fully saturated rings. The Kier molecular flexibility index (Phi) is 7.68. The van der Waals surface area contributed by atoms with Gasteiger partial charge in [-0.05, 0) is 23.8 Å². The van der Waals surface area contributed by atoms with E-state index in [4.69, 9.17) is 4.74 Å². The van der Waals surface area contributed by atoms with E-state index in [1.165, 1.54) is 19.2 Å². The van der Waals surface area contributed by atoms with E-state index in [0.29, 0.717) is 18.8 Å². The molecule has 10 heteroatoms. The van der Waals surface area contributed by atoms with E-state index in [1.807, 2.05) is 17.0 Å². The summed E-state index contributed by atoms with van der Waals surface area (Å²) in [5.41, 5.74) is 0.971. The highest BCUT2D eigenvalue weighted by Gasteiger charge is 2.26. The fourth-order valence-corrected chi connectivity index (χ4v) is 3.11. The first-order valence-electron chi connectivity index (χ1n) is 8.55. The third-order valence-electron chi connectivity index (χ3n) is 4.45. The SMILES string of the molecule is COc1ccc(NC(=O)CN2CCNCC2c2cccnc2)c([N+](=O)[O-])c1.Cl. The number of nitrogens with zero attached hydrogens (tertiary/aromatic N) is 3. The van der Waals surface area contributed by atoms with E-state index in [1.54, 1.807) is 18.5 Å². The second kappa shape index (κ2) is 9.98. The van der Waals surface area contributed by atoms with Crippen molar-refractivity contribution in [1.82, 2.24) is 15.2 Å². The molecule has 1 atom stereocenters. The number of nitro benzene ring substituents is 1. The van der Waals surface area contributed by atoms with Gasteiger partial charge in [0.25, 0.3) is 5.69 Å². The van der Waals surface area contributed by atoms with Crippen LogP contribution in [-0.4, -0.2) is 54.0 Å². The van der Waals surface area contributed by atoms with Gasteiger partial charge >= 0.3 is 0 Å². The third kappa shape index (κ3) is 5.16. The Morgan fingerprint density at radius 1 is 1.46 bits per heavy atom. The molecule has 9 nitrogen and oxygen atoms in total. The van der Waals surface area contributed by atoms with Crippen LogP contribution in [0.25, 0.3) is 0 Å². The minimum absolute atomic E-state index is 0. The zero-order chi connectivity index (χ0) is 19.2. The molecular weight excluding hydrogens is 386 g/mol. The van der Waals surface area contributed by atoms with E-state index in [2.05, 4.69) is 15.6 Å². The molecular formula is C18H22ClN5O4. The van der Waals surface area contributed by atoms with Crippen LogP contribution < -0.4 is 15.4 Å². The standard InChI is InChI=1S/C18H21N5O4.ClH/c1-27-14-4-5-15(16(9-14)23(25)26)21-18(24)12-22-8-7-20-11-17(22)13-3-2-6-19-10-13;/h2-6,9-10,17,20H,7-8,11-12H2,1H3,(H,21,24);1H. The minimum atomic E-state index is -0.540. The minimum Gasteiger partial charge on any atom is -0.496 e. The van der Waals surface area contributed by atoms with Crippen LogP contribution in [0.4, 0.5) is 11.4 Å². The van der Waals surface area contributed by atoms with Crippen LogP contribution in [0.2, 0.25) is 0 Å². The Morgan fingerprint density at radius 3 is 2.96 bits per heavy atom. The van der Waals surface area contributed by atoms with Crippen molar-refractivity contribution in [3.8, 4) is 5.75 Å². The number of halogens is 1. The fourth-order valence-electron chi connectivity index (χ4n) is 3.11. The number of carbonyl (C=O) groups is 1. The average Bonchev–Trinajstić information content (AvgIpc) is 2.69. The number of nitro groups is 1. The van der Waals surface area contributed by atoms with Crippen molar-refractivity contribution in [2.24, 2.45) is 0 Å². The lowest BCUT2D eigenvalue weighted by Gasteiger charge is -2.35. The zero-order valence-corrected chi connectivity index (χ0v) is 16.1. The number of rotatable bonds is 6. The summed E-state index contributed by atoms with van der Waals surface area (Å²) in [6.07, 6.45) is 3.50. The lowest BCUT2D eigenvalue weighted by atomic mass is 10.1. The van der Waals surface area contributed by atoms with Gasteiger partial charge in [-0.1, -0.05) is 6.07 Å². The second-order valence-electron chi connectivity index (χ2n) is 6.17. The van der Waals surface area contributed by atoms with Crippen molar-refractivity contribution in [1.29, 1.82) is 0 Å². The van der Waals surface area contributed by atoms with Crippen LogP contribution in [0.1, 0.15) is 11.6 Å². The Bertz CT molecular complexity index is 821. The molecule has 1 unspecified atom stereocenters. The lowest BCUT2D eigenvalue weighted by molar-refractivity contribution is -0.384. The van der Waals surface area contributed by atoms with Gasteiger partial charge in [-0.2, -0.15) is 0 Å². The predicted octanol–water partition coefficient (Wildman–Crippen LogP) is 2.01. The summed E-state index contributed by atoms with van der Waals surface area (Å²) in [6.45, 7) is 2.30. The van der Waals surface area contributed by atoms with Crippen LogP contribution in [-0.2, 0) is 4.79 Å². The Labute approximate surface area is 168 Å². The van der Waals surface area contributed by atoms with Crippen LogP contribution in [0.15, 0.2) is 42.7 Å². The van der Waals surface area contributed by atoms with Crippen LogP contribution in [0, 0.1) is 10.1 Å². The smallest absolute Gasteiger partial charge is 0.296 e. The van der Waals surface area contributed by atoms with E-state index in [9.17, 15) is 14.9 Å². The van der Waals surface area contributed by atoms with E-state index >= 15 is 0 Å². The summed E-state index contributed by atoms with van der Waals surface area (Å²) in [7, 11) is 1.43. The number of hydrogen-bond donors (Lipinski definition) is 2. The van der Waals surface area contributed by atoms with Crippen molar-refractivity contribution in [3.05, 3.63) is 58.4 Å². The summed E-state index contributed by atoms with van der Waals surface area (Å²) in [5, 5.41) is 17.2. The molecule has 28 heavy (non-hydrogen) atoms. The van der Waals surface area contributed by atoms with Gasteiger partial charge in [0.15, 0.2) is 0 Å². The van der Waals surface area contributed by atoms with Gasteiger partial charge in [-0.25, -0.2) is 0 Å². The number of nitrogens with one attached hydrogen (secondary N) is 2. The Balaban J connectivity index is 0.00000280. The lowest BCUT2D eigenvalue weighted by Crippen LogP contribution is -2.48. The number of benzene rings is 1. The van der Waals surface area contributed by atoms with Gasteiger partial charge in [-0.15, -0.1) is 12.4 Å². The van der Waals surface area contributed by atoms with Crippen molar-refractivity contribution < 1.29 is 14.5 Å². The molecule has 0 radical (unpaired) electrons. The van der Waals surface area contributed by atoms with Gasteiger partial charge in [-0.3, -0.25) is 24.8 Å². The summed E-state index contributed by atoms with van der Waals surface area (Å²) in [4.78, 5) is 29.5. The topological polar surface area (TPSA) is 110 Å². The maximum absolute atomic E-state index is 12.5. The van der Waals surface area contributed by atoms with Gasteiger partial charge in [0.1, 0.15) is 11.4 Å². The second-order valence-corrected chi connectivity index (χ2v) is 6.17. The predicted molar refractivity (Wildman–Crippen MR) is 107 cm³/mol. The first kappa shape index (κ1) is 21.5. The van der Waals surface area contributed by atoms with E-state index in [0.717, 1.165) is 12.1 Å². The maximum Gasteiger partial charge on any atom is 0.296 e. The molecule has 0 bridgehead atoms. The largest absolute Gasteiger partial charge is 0.496 e. The normalized spacial score (nSPS) is 16.7. The number of piperazine rings is 1. The molecule has 1 saturated heterocycles. The molecule has 0 aliphatic carbocycles. The number of aromatic nitrogens is 1. The number of methoxy groups -OCH3 is 1. The van der Waals surface area contributed by atoms with Gasteiger partial charge < -0.3 is 15.4 Å².